The van der Waals surface area contributed by atoms with Crippen LogP contribution in [-0.4, -0.2) is 55.6 Å². The molecule has 0 unspecified atom stereocenters. The van der Waals surface area contributed by atoms with E-state index >= 15 is 0 Å². The minimum atomic E-state index is -0.431. The number of nitrogens with two attached hydrogens (primary N) is 4. The molecular weight excluding hydrogens is 725 g/mol. The summed E-state index contributed by atoms with van der Waals surface area (Å²) in [7, 11) is 0. The molecular formula is C43H62N8O4S. The normalized spacial score (nSPS) is 11.8. The average molecular weight is 787 g/mol. The fourth-order valence-electron chi connectivity index (χ4n) is 5.61. The Morgan fingerprint density at radius 3 is 1.54 bits per heavy atom. The van der Waals surface area contributed by atoms with Crippen LogP contribution in [0.1, 0.15) is 117 Å². The van der Waals surface area contributed by atoms with Crippen LogP contribution in [0.3, 0.4) is 0 Å². The van der Waals surface area contributed by atoms with E-state index < -0.39 is 11.8 Å². The van der Waals surface area contributed by atoms with Crippen molar-refractivity contribution in [2.45, 2.75) is 95.8 Å². The molecule has 56 heavy (non-hydrogen) atoms. The summed E-state index contributed by atoms with van der Waals surface area (Å²) in [5.74, 6) is -0.650. The van der Waals surface area contributed by atoms with Crippen molar-refractivity contribution in [1.82, 2.24) is 0 Å². The second kappa shape index (κ2) is 21.7. The SMILES string of the molecule is CC(C)(C)c1cc(NC(=O)CCCN)c(C=CCCCN)c(NC(=O)c2cccc(C(=O)Nc3cc(C(C)(C)C)cc(NC(=O)CCCN)c3SCCN)c2)c1. The zero-order chi connectivity index (χ0) is 41.5. The lowest BCUT2D eigenvalue weighted by Crippen LogP contribution is -2.20. The maximum atomic E-state index is 14.0. The van der Waals surface area contributed by atoms with Gasteiger partial charge in [0.2, 0.25) is 11.8 Å². The third-order valence-electron chi connectivity index (χ3n) is 8.87. The number of benzene rings is 3. The minimum Gasteiger partial charge on any atom is -0.330 e. The summed E-state index contributed by atoms with van der Waals surface area (Å²) in [6.45, 7) is 14.1. The van der Waals surface area contributed by atoms with Gasteiger partial charge in [-0.05, 0) is 110 Å². The summed E-state index contributed by atoms with van der Waals surface area (Å²) in [6, 6.07) is 14.2. The van der Waals surface area contributed by atoms with Gasteiger partial charge in [0.25, 0.3) is 11.8 Å². The number of hydrogen-bond acceptors (Lipinski definition) is 9. The minimum absolute atomic E-state index is 0.171. The number of thioether (sulfide) groups is 1. The quantitative estimate of drug-likeness (QED) is 0.0465. The highest BCUT2D eigenvalue weighted by Gasteiger charge is 2.24. The van der Waals surface area contributed by atoms with Crippen molar-refractivity contribution in [1.29, 1.82) is 0 Å². The van der Waals surface area contributed by atoms with Crippen LogP contribution in [0.2, 0.25) is 0 Å². The van der Waals surface area contributed by atoms with Gasteiger partial charge in [-0.1, -0.05) is 59.8 Å². The van der Waals surface area contributed by atoms with Gasteiger partial charge in [-0.3, -0.25) is 19.2 Å². The maximum absolute atomic E-state index is 14.0. The van der Waals surface area contributed by atoms with Crippen LogP contribution in [-0.2, 0) is 20.4 Å². The summed E-state index contributed by atoms with van der Waals surface area (Å²) < 4.78 is 0. The van der Waals surface area contributed by atoms with Gasteiger partial charge in [-0.25, -0.2) is 0 Å². The summed E-state index contributed by atoms with van der Waals surface area (Å²) in [5, 5.41) is 12.2. The first kappa shape index (κ1) is 45.9. The first-order valence-electron chi connectivity index (χ1n) is 19.3. The Labute approximate surface area is 336 Å². The van der Waals surface area contributed by atoms with Gasteiger partial charge >= 0.3 is 0 Å². The second-order valence-electron chi connectivity index (χ2n) is 15.7. The summed E-state index contributed by atoms with van der Waals surface area (Å²) >= 11 is 1.44. The molecule has 0 aromatic heterocycles. The number of amides is 4. The van der Waals surface area contributed by atoms with E-state index in [1.807, 2.05) is 36.4 Å². The highest BCUT2D eigenvalue weighted by molar-refractivity contribution is 7.99. The smallest absolute Gasteiger partial charge is 0.255 e. The van der Waals surface area contributed by atoms with Crippen LogP contribution in [0.25, 0.3) is 6.08 Å². The standard InChI is InChI=1S/C43H62N8O4S/c1-42(2,3)30-24-33(48-37(52)16-11-19-45)32(15-8-7-9-18-44)34(25-30)50-40(54)28-13-10-14-29(23-28)41(55)51-36-27-31(43(4,5)6)26-35(39(36)56-22-21-47)49-38(53)17-12-20-46/h8,10,13-15,23-27H,7,9,11-12,16-22,44-47H2,1-6H3,(H,48,52)(H,49,53)(H,50,54)(H,51,55). The highest BCUT2D eigenvalue weighted by atomic mass is 32.2. The number of rotatable bonds is 19. The fraction of sp³-hybridized carbons (Fsp3) is 0.442. The third kappa shape index (κ3) is 13.9. The molecule has 13 heteroatoms. The molecule has 0 saturated heterocycles. The first-order valence-corrected chi connectivity index (χ1v) is 20.3. The van der Waals surface area contributed by atoms with Crippen molar-refractivity contribution in [3.63, 3.8) is 0 Å². The molecule has 0 atom stereocenters. The molecule has 0 aliphatic heterocycles. The number of anilines is 4. The zero-order valence-corrected chi connectivity index (χ0v) is 34.7. The van der Waals surface area contributed by atoms with E-state index in [4.69, 9.17) is 22.9 Å². The van der Waals surface area contributed by atoms with Crippen molar-refractivity contribution < 1.29 is 19.2 Å². The Bertz CT molecular complexity index is 1860. The number of hydrogen-bond donors (Lipinski definition) is 8. The van der Waals surface area contributed by atoms with Crippen molar-refractivity contribution in [3.05, 3.63) is 82.4 Å². The third-order valence-corrected chi connectivity index (χ3v) is 10.0. The molecule has 0 aliphatic carbocycles. The van der Waals surface area contributed by atoms with Crippen LogP contribution < -0.4 is 44.2 Å². The Balaban J connectivity index is 2.05. The maximum Gasteiger partial charge on any atom is 0.255 e. The van der Waals surface area contributed by atoms with Crippen molar-refractivity contribution >= 4 is 64.2 Å². The molecule has 0 fully saturated rings. The highest BCUT2D eigenvalue weighted by Crippen LogP contribution is 2.40. The monoisotopic (exact) mass is 786 g/mol. The average Bonchev–Trinajstić information content (AvgIpc) is 3.14. The Morgan fingerprint density at radius 2 is 1.05 bits per heavy atom. The van der Waals surface area contributed by atoms with E-state index in [0.717, 1.165) is 24.0 Å². The van der Waals surface area contributed by atoms with E-state index in [1.165, 1.54) is 11.8 Å². The number of allylic oxidation sites excluding steroid dienone is 1. The van der Waals surface area contributed by atoms with Crippen molar-refractivity contribution in [2.75, 3.05) is 53.2 Å². The van der Waals surface area contributed by atoms with E-state index in [0.29, 0.717) is 78.0 Å². The topological polar surface area (TPSA) is 220 Å². The summed E-state index contributed by atoms with van der Waals surface area (Å²) in [5.41, 5.74) is 27.5. The molecule has 0 radical (unpaired) electrons. The molecule has 0 spiro atoms. The van der Waals surface area contributed by atoms with Gasteiger partial charge in [0.1, 0.15) is 0 Å². The molecule has 0 heterocycles. The lowest BCUT2D eigenvalue weighted by atomic mass is 9.85. The number of unbranched alkanes of at least 4 members (excludes halogenated alkanes) is 1. The van der Waals surface area contributed by atoms with Crippen LogP contribution in [0.15, 0.2) is 59.5 Å². The predicted octanol–water partition coefficient (Wildman–Crippen LogP) is 6.94. The van der Waals surface area contributed by atoms with Gasteiger partial charge in [0.05, 0.1) is 27.6 Å². The van der Waals surface area contributed by atoms with E-state index in [9.17, 15) is 19.2 Å². The van der Waals surface area contributed by atoms with Crippen molar-refractivity contribution in [3.8, 4) is 0 Å². The first-order chi connectivity index (χ1) is 26.5. The predicted molar refractivity (Wildman–Crippen MR) is 234 cm³/mol. The van der Waals surface area contributed by atoms with Crippen LogP contribution in [0.4, 0.5) is 22.7 Å². The molecule has 12 N–H and O–H groups in total. The lowest BCUT2D eigenvalue weighted by Gasteiger charge is -2.24. The lowest BCUT2D eigenvalue weighted by molar-refractivity contribution is -0.117. The van der Waals surface area contributed by atoms with Crippen LogP contribution >= 0.6 is 11.8 Å². The van der Waals surface area contributed by atoms with Gasteiger partial charge in [-0.15, -0.1) is 11.8 Å². The second-order valence-corrected chi connectivity index (χ2v) is 16.8. The number of carbonyl (C=O) groups excluding carboxylic acids is 4. The largest absolute Gasteiger partial charge is 0.330 e. The molecule has 3 aromatic carbocycles. The van der Waals surface area contributed by atoms with Gasteiger partial charge < -0.3 is 44.2 Å². The Kier molecular flexibility index (Phi) is 17.8. The summed E-state index contributed by atoms with van der Waals surface area (Å²) in [4.78, 5) is 54.5. The molecule has 0 saturated carbocycles. The zero-order valence-electron chi connectivity index (χ0n) is 33.9. The fourth-order valence-corrected chi connectivity index (χ4v) is 6.47. The molecule has 0 bridgehead atoms. The molecule has 0 aliphatic rings. The van der Waals surface area contributed by atoms with Gasteiger partial charge in [0, 0.05) is 41.8 Å². The molecule has 304 valence electrons. The Hall–Kier alpha value is -4.53. The molecule has 4 amide bonds. The summed E-state index contributed by atoms with van der Waals surface area (Å²) in [6.07, 6.45) is 6.99. The van der Waals surface area contributed by atoms with E-state index in [2.05, 4.69) is 62.8 Å². The van der Waals surface area contributed by atoms with Gasteiger partial charge in [0.15, 0.2) is 0 Å². The van der Waals surface area contributed by atoms with Crippen LogP contribution in [0.5, 0.6) is 0 Å². The number of nitrogens with one attached hydrogen (secondary N) is 4. The van der Waals surface area contributed by atoms with Crippen LogP contribution in [0, 0.1) is 0 Å². The van der Waals surface area contributed by atoms with Crippen molar-refractivity contribution in [2.24, 2.45) is 22.9 Å². The molecule has 3 rings (SSSR count). The molecule has 12 nitrogen and oxygen atoms in total. The van der Waals surface area contributed by atoms with Gasteiger partial charge in [-0.2, -0.15) is 0 Å². The molecule has 3 aromatic rings. The Morgan fingerprint density at radius 1 is 0.607 bits per heavy atom. The van der Waals surface area contributed by atoms with E-state index in [1.54, 1.807) is 24.3 Å². The van der Waals surface area contributed by atoms with E-state index in [-0.39, 0.29) is 46.6 Å². The number of carbonyl (C=O) groups is 4.